The van der Waals surface area contributed by atoms with Gasteiger partial charge in [0.1, 0.15) is 18.6 Å². The third-order valence-corrected chi connectivity index (χ3v) is 3.57. The van der Waals surface area contributed by atoms with Crippen LogP contribution in [0.2, 0.25) is 0 Å². The predicted octanol–water partition coefficient (Wildman–Crippen LogP) is 3.78. The standard InChI is InChI=1S/C18H17NO2/c1-18(11-10-15-4-2-3-5-17(15)19-18)13-21-16-8-6-14(12-20)7-9-16/h2-12,19H,13H2,1H3. The number of anilines is 1. The molecule has 0 radical (unpaired) electrons. The van der Waals surface area contributed by atoms with E-state index in [1.165, 1.54) is 5.56 Å². The number of rotatable bonds is 4. The third kappa shape index (κ3) is 2.97. The van der Waals surface area contributed by atoms with Gasteiger partial charge >= 0.3 is 0 Å². The van der Waals surface area contributed by atoms with Crippen molar-refractivity contribution in [1.29, 1.82) is 0 Å². The Balaban J connectivity index is 1.69. The first-order valence-corrected chi connectivity index (χ1v) is 6.93. The number of carbonyl (C=O) groups is 1. The minimum Gasteiger partial charge on any atom is -0.491 e. The van der Waals surface area contributed by atoms with E-state index in [1.54, 1.807) is 12.1 Å². The maximum absolute atomic E-state index is 10.6. The molecule has 21 heavy (non-hydrogen) atoms. The van der Waals surface area contributed by atoms with Crippen LogP contribution >= 0.6 is 0 Å². The van der Waals surface area contributed by atoms with Gasteiger partial charge in [0.2, 0.25) is 0 Å². The molecule has 0 aliphatic carbocycles. The van der Waals surface area contributed by atoms with Gasteiger partial charge in [-0.3, -0.25) is 4.79 Å². The second kappa shape index (κ2) is 5.44. The van der Waals surface area contributed by atoms with Gasteiger partial charge < -0.3 is 10.1 Å². The SMILES string of the molecule is CC1(COc2ccc(C=O)cc2)C=Cc2ccccc2N1. The normalized spacial score (nSPS) is 19.5. The molecule has 1 unspecified atom stereocenters. The van der Waals surface area contributed by atoms with E-state index < -0.39 is 0 Å². The number of hydrogen-bond donors (Lipinski definition) is 1. The van der Waals surface area contributed by atoms with Crippen molar-refractivity contribution in [2.75, 3.05) is 11.9 Å². The summed E-state index contributed by atoms with van der Waals surface area (Å²) in [4.78, 5) is 10.6. The second-order valence-electron chi connectivity index (χ2n) is 5.44. The highest BCUT2D eigenvalue weighted by atomic mass is 16.5. The Labute approximate surface area is 124 Å². The zero-order valence-electron chi connectivity index (χ0n) is 11.9. The molecular formula is C18H17NO2. The fourth-order valence-corrected chi connectivity index (χ4v) is 2.34. The third-order valence-electron chi connectivity index (χ3n) is 3.57. The zero-order chi connectivity index (χ0) is 14.7. The van der Waals surface area contributed by atoms with E-state index >= 15 is 0 Å². The molecule has 0 fully saturated rings. The highest BCUT2D eigenvalue weighted by Gasteiger charge is 2.25. The van der Waals surface area contributed by atoms with Crippen molar-refractivity contribution in [2.45, 2.75) is 12.5 Å². The fraction of sp³-hybridized carbons (Fsp3) is 0.167. The Morgan fingerprint density at radius 3 is 2.67 bits per heavy atom. The summed E-state index contributed by atoms with van der Waals surface area (Å²) in [6.45, 7) is 2.61. The van der Waals surface area contributed by atoms with Crippen LogP contribution in [0.5, 0.6) is 5.75 Å². The van der Waals surface area contributed by atoms with E-state index in [2.05, 4.69) is 36.5 Å². The topological polar surface area (TPSA) is 38.3 Å². The monoisotopic (exact) mass is 279 g/mol. The van der Waals surface area contributed by atoms with E-state index in [4.69, 9.17) is 4.74 Å². The van der Waals surface area contributed by atoms with Gasteiger partial charge in [-0.25, -0.2) is 0 Å². The number of nitrogens with one attached hydrogen (secondary N) is 1. The summed E-state index contributed by atoms with van der Waals surface area (Å²) in [5.74, 6) is 0.760. The van der Waals surface area contributed by atoms with Gasteiger partial charge in [-0.1, -0.05) is 30.4 Å². The van der Waals surface area contributed by atoms with Gasteiger partial charge in [-0.2, -0.15) is 0 Å². The number of ether oxygens (including phenoxy) is 1. The first-order valence-electron chi connectivity index (χ1n) is 6.93. The Bertz CT molecular complexity index is 676. The predicted molar refractivity (Wildman–Crippen MR) is 84.8 cm³/mol. The first-order chi connectivity index (χ1) is 10.2. The average Bonchev–Trinajstić information content (AvgIpc) is 2.53. The first kappa shape index (κ1) is 13.4. The van der Waals surface area contributed by atoms with E-state index in [0.29, 0.717) is 12.2 Å². The lowest BCUT2D eigenvalue weighted by Gasteiger charge is -2.32. The van der Waals surface area contributed by atoms with Crippen LogP contribution < -0.4 is 10.1 Å². The van der Waals surface area contributed by atoms with Crippen molar-refractivity contribution >= 4 is 18.0 Å². The molecule has 0 spiro atoms. The highest BCUT2D eigenvalue weighted by molar-refractivity contribution is 5.75. The van der Waals surface area contributed by atoms with Crippen LogP contribution in [-0.2, 0) is 0 Å². The number of benzene rings is 2. The molecule has 1 heterocycles. The van der Waals surface area contributed by atoms with E-state index in [-0.39, 0.29) is 5.54 Å². The molecule has 1 aliphatic heterocycles. The number of para-hydroxylation sites is 1. The van der Waals surface area contributed by atoms with Crippen LogP contribution in [0.3, 0.4) is 0 Å². The highest BCUT2D eigenvalue weighted by Crippen LogP contribution is 2.28. The molecule has 1 atom stereocenters. The molecule has 0 bridgehead atoms. The van der Waals surface area contributed by atoms with E-state index in [1.807, 2.05) is 24.3 Å². The van der Waals surface area contributed by atoms with Crippen LogP contribution in [-0.4, -0.2) is 18.4 Å². The van der Waals surface area contributed by atoms with Crippen molar-refractivity contribution in [3.8, 4) is 5.75 Å². The molecule has 0 saturated carbocycles. The van der Waals surface area contributed by atoms with Gasteiger partial charge in [0.05, 0.1) is 5.54 Å². The molecule has 0 amide bonds. The maximum atomic E-state index is 10.6. The molecule has 0 aromatic heterocycles. The largest absolute Gasteiger partial charge is 0.491 e. The molecule has 2 aromatic rings. The van der Waals surface area contributed by atoms with Gasteiger partial charge in [-0.15, -0.1) is 0 Å². The summed E-state index contributed by atoms with van der Waals surface area (Å²) in [6, 6.07) is 15.3. The van der Waals surface area contributed by atoms with E-state index in [0.717, 1.165) is 17.7 Å². The van der Waals surface area contributed by atoms with Gasteiger partial charge in [-0.05, 0) is 42.8 Å². The number of hydrogen-bond acceptors (Lipinski definition) is 3. The van der Waals surface area contributed by atoms with Gasteiger partial charge in [0.15, 0.2) is 0 Å². The number of fused-ring (bicyclic) bond motifs is 1. The molecule has 3 heteroatoms. The number of carbonyl (C=O) groups excluding carboxylic acids is 1. The lowest BCUT2D eigenvalue weighted by atomic mass is 9.95. The Hall–Kier alpha value is -2.55. The van der Waals surface area contributed by atoms with Gasteiger partial charge in [0, 0.05) is 11.3 Å². The van der Waals surface area contributed by atoms with Crippen LogP contribution in [0.1, 0.15) is 22.8 Å². The summed E-state index contributed by atoms with van der Waals surface area (Å²) in [5, 5.41) is 3.50. The second-order valence-corrected chi connectivity index (χ2v) is 5.44. The van der Waals surface area contributed by atoms with Crippen molar-refractivity contribution in [3.63, 3.8) is 0 Å². The molecule has 3 rings (SSSR count). The smallest absolute Gasteiger partial charge is 0.150 e. The summed E-state index contributed by atoms with van der Waals surface area (Å²) in [6.07, 6.45) is 5.06. The lowest BCUT2D eigenvalue weighted by molar-refractivity contribution is 0.112. The van der Waals surface area contributed by atoms with Crippen molar-refractivity contribution in [1.82, 2.24) is 0 Å². The minimum atomic E-state index is -0.252. The summed E-state index contributed by atoms with van der Waals surface area (Å²) in [7, 11) is 0. The van der Waals surface area contributed by atoms with Crippen molar-refractivity contribution in [3.05, 3.63) is 65.7 Å². The average molecular weight is 279 g/mol. The molecular weight excluding hydrogens is 262 g/mol. The van der Waals surface area contributed by atoms with Crippen LogP contribution in [0.15, 0.2) is 54.6 Å². The Morgan fingerprint density at radius 1 is 1.14 bits per heavy atom. The minimum absolute atomic E-state index is 0.252. The Morgan fingerprint density at radius 2 is 1.90 bits per heavy atom. The number of aldehydes is 1. The summed E-state index contributed by atoms with van der Waals surface area (Å²) >= 11 is 0. The van der Waals surface area contributed by atoms with E-state index in [9.17, 15) is 4.79 Å². The fourth-order valence-electron chi connectivity index (χ4n) is 2.34. The Kier molecular flexibility index (Phi) is 3.48. The lowest BCUT2D eigenvalue weighted by Crippen LogP contribution is -2.40. The molecule has 106 valence electrons. The zero-order valence-corrected chi connectivity index (χ0v) is 11.9. The molecule has 2 aromatic carbocycles. The van der Waals surface area contributed by atoms with Crippen LogP contribution in [0, 0.1) is 0 Å². The summed E-state index contributed by atoms with van der Waals surface area (Å²) in [5.41, 5.74) is 2.70. The quantitative estimate of drug-likeness (QED) is 0.866. The molecule has 1 aliphatic rings. The maximum Gasteiger partial charge on any atom is 0.150 e. The van der Waals surface area contributed by atoms with Crippen molar-refractivity contribution in [2.24, 2.45) is 0 Å². The van der Waals surface area contributed by atoms with Crippen molar-refractivity contribution < 1.29 is 9.53 Å². The summed E-state index contributed by atoms with van der Waals surface area (Å²) < 4.78 is 5.83. The van der Waals surface area contributed by atoms with Gasteiger partial charge in [0.25, 0.3) is 0 Å². The molecule has 1 N–H and O–H groups in total. The molecule has 3 nitrogen and oxygen atoms in total. The van der Waals surface area contributed by atoms with Crippen LogP contribution in [0.4, 0.5) is 5.69 Å². The molecule has 0 saturated heterocycles. The van der Waals surface area contributed by atoms with Crippen LogP contribution in [0.25, 0.3) is 6.08 Å².